The van der Waals surface area contributed by atoms with Gasteiger partial charge in [0.05, 0.1) is 0 Å². The molecule has 0 amide bonds. The Labute approximate surface area is 108 Å². The number of hydrogen-bond donors (Lipinski definition) is 1. The van der Waals surface area contributed by atoms with Gasteiger partial charge in [-0.15, -0.1) is 11.8 Å². The Kier molecular flexibility index (Phi) is 6.60. The molecule has 0 aliphatic carbocycles. The lowest BCUT2D eigenvalue weighted by Gasteiger charge is -2.09. The molecule has 1 nitrogen and oxygen atoms in total. The molecule has 0 aliphatic rings. The third-order valence-electron chi connectivity index (χ3n) is 2.47. The van der Waals surface area contributed by atoms with Crippen LogP contribution in [0.4, 0.5) is 4.39 Å². The molecule has 0 atom stereocenters. The van der Waals surface area contributed by atoms with E-state index in [0.717, 1.165) is 35.6 Å². The lowest BCUT2D eigenvalue weighted by atomic mass is 10.2. The van der Waals surface area contributed by atoms with Gasteiger partial charge in [-0.3, -0.25) is 0 Å². The molecule has 0 aromatic heterocycles. The predicted molar refractivity (Wildman–Crippen MR) is 74.0 cm³/mol. The molecular weight excluding hydrogens is 233 g/mol. The first-order chi connectivity index (χ1) is 8.13. The number of rotatable bonds is 7. The SMILES string of the molecule is CCCCSc1ccc(CNC(C)C)cc1F. The summed E-state index contributed by atoms with van der Waals surface area (Å²) in [5, 5.41) is 3.29. The normalized spacial score (nSPS) is 11.1. The maximum atomic E-state index is 13.8. The average molecular weight is 255 g/mol. The first kappa shape index (κ1) is 14.5. The van der Waals surface area contributed by atoms with Crippen LogP contribution >= 0.6 is 11.8 Å². The third kappa shape index (κ3) is 5.55. The molecule has 1 rings (SSSR count). The molecule has 0 saturated heterocycles. The van der Waals surface area contributed by atoms with Crippen LogP contribution in [0.25, 0.3) is 0 Å². The van der Waals surface area contributed by atoms with Crippen molar-refractivity contribution in [3.05, 3.63) is 29.6 Å². The number of halogens is 1. The van der Waals surface area contributed by atoms with E-state index in [-0.39, 0.29) is 5.82 Å². The van der Waals surface area contributed by atoms with Crippen LogP contribution in [0, 0.1) is 5.82 Å². The average Bonchev–Trinajstić information content (AvgIpc) is 2.29. The van der Waals surface area contributed by atoms with Gasteiger partial charge in [0, 0.05) is 17.5 Å². The predicted octanol–water partition coefficient (Wildman–Crippen LogP) is 4.22. The van der Waals surface area contributed by atoms with E-state index < -0.39 is 0 Å². The second kappa shape index (κ2) is 7.72. The largest absolute Gasteiger partial charge is 0.310 e. The summed E-state index contributed by atoms with van der Waals surface area (Å²) in [7, 11) is 0. The first-order valence-corrected chi connectivity index (χ1v) is 7.26. The summed E-state index contributed by atoms with van der Waals surface area (Å²) in [5.74, 6) is 0.908. The second-order valence-corrected chi connectivity index (χ2v) is 5.64. The molecule has 0 spiro atoms. The Morgan fingerprint density at radius 3 is 2.71 bits per heavy atom. The Hall–Kier alpha value is -0.540. The van der Waals surface area contributed by atoms with E-state index in [4.69, 9.17) is 0 Å². The first-order valence-electron chi connectivity index (χ1n) is 6.28. The molecule has 0 saturated carbocycles. The number of nitrogens with one attached hydrogen (secondary N) is 1. The van der Waals surface area contributed by atoms with Crippen molar-refractivity contribution in [3.8, 4) is 0 Å². The smallest absolute Gasteiger partial charge is 0.137 e. The molecule has 1 aromatic carbocycles. The Morgan fingerprint density at radius 2 is 2.12 bits per heavy atom. The monoisotopic (exact) mass is 255 g/mol. The van der Waals surface area contributed by atoms with E-state index in [1.165, 1.54) is 0 Å². The fourth-order valence-electron chi connectivity index (χ4n) is 1.42. The summed E-state index contributed by atoms with van der Waals surface area (Å²) in [6.07, 6.45) is 2.30. The molecule has 17 heavy (non-hydrogen) atoms. The fourth-order valence-corrected chi connectivity index (χ4v) is 2.43. The van der Waals surface area contributed by atoms with Gasteiger partial charge in [-0.2, -0.15) is 0 Å². The quantitative estimate of drug-likeness (QED) is 0.578. The van der Waals surface area contributed by atoms with Gasteiger partial charge in [0.2, 0.25) is 0 Å². The summed E-state index contributed by atoms with van der Waals surface area (Å²) in [6.45, 7) is 7.06. The molecule has 0 bridgehead atoms. The highest BCUT2D eigenvalue weighted by Crippen LogP contribution is 2.23. The van der Waals surface area contributed by atoms with Gasteiger partial charge in [0.1, 0.15) is 5.82 Å². The fraction of sp³-hybridized carbons (Fsp3) is 0.571. The van der Waals surface area contributed by atoms with Crippen molar-refractivity contribution in [2.45, 2.75) is 51.1 Å². The summed E-state index contributed by atoms with van der Waals surface area (Å²) >= 11 is 1.61. The summed E-state index contributed by atoms with van der Waals surface area (Å²) < 4.78 is 13.8. The minimum absolute atomic E-state index is 0.0887. The van der Waals surface area contributed by atoms with Crippen molar-refractivity contribution in [2.75, 3.05) is 5.75 Å². The highest BCUT2D eigenvalue weighted by Gasteiger charge is 2.04. The Morgan fingerprint density at radius 1 is 1.35 bits per heavy atom. The maximum Gasteiger partial charge on any atom is 0.137 e. The van der Waals surface area contributed by atoms with Gasteiger partial charge in [-0.1, -0.05) is 33.3 Å². The van der Waals surface area contributed by atoms with Gasteiger partial charge in [0.15, 0.2) is 0 Å². The molecule has 0 radical (unpaired) electrons. The van der Waals surface area contributed by atoms with Crippen LogP contribution in [0.15, 0.2) is 23.1 Å². The zero-order valence-corrected chi connectivity index (χ0v) is 11.7. The molecule has 96 valence electrons. The van der Waals surface area contributed by atoms with Crippen LogP contribution in [-0.2, 0) is 6.54 Å². The minimum Gasteiger partial charge on any atom is -0.310 e. The van der Waals surface area contributed by atoms with E-state index in [0.29, 0.717) is 6.04 Å². The van der Waals surface area contributed by atoms with E-state index in [1.54, 1.807) is 17.8 Å². The molecule has 0 heterocycles. The highest BCUT2D eigenvalue weighted by molar-refractivity contribution is 7.99. The second-order valence-electron chi connectivity index (χ2n) is 4.50. The van der Waals surface area contributed by atoms with Crippen LogP contribution in [0.2, 0.25) is 0 Å². The van der Waals surface area contributed by atoms with E-state index in [1.807, 2.05) is 12.1 Å². The maximum absolute atomic E-state index is 13.8. The summed E-state index contributed by atoms with van der Waals surface area (Å²) in [6, 6.07) is 5.97. The van der Waals surface area contributed by atoms with Crippen LogP contribution in [0.5, 0.6) is 0 Å². The van der Waals surface area contributed by atoms with Crippen molar-refractivity contribution >= 4 is 11.8 Å². The standard InChI is InChI=1S/C14H22FNS/c1-4-5-8-17-14-7-6-12(9-13(14)15)10-16-11(2)3/h6-7,9,11,16H,4-5,8,10H2,1-3H3. The van der Waals surface area contributed by atoms with Crippen LogP contribution in [-0.4, -0.2) is 11.8 Å². The lowest BCUT2D eigenvalue weighted by Crippen LogP contribution is -2.21. The minimum atomic E-state index is -0.0887. The number of thioether (sulfide) groups is 1. The molecule has 1 N–H and O–H groups in total. The third-order valence-corrected chi connectivity index (χ3v) is 3.60. The Bertz CT molecular complexity index is 339. The Balaban J connectivity index is 2.53. The van der Waals surface area contributed by atoms with E-state index in [2.05, 4.69) is 26.1 Å². The highest BCUT2D eigenvalue weighted by atomic mass is 32.2. The number of hydrogen-bond acceptors (Lipinski definition) is 2. The van der Waals surface area contributed by atoms with E-state index in [9.17, 15) is 4.39 Å². The topological polar surface area (TPSA) is 12.0 Å². The molecule has 0 aliphatic heterocycles. The van der Waals surface area contributed by atoms with Crippen molar-refractivity contribution in [1.82, 2.24) is 5.32 Å². The number of unbranched alkanes of at least 4 members (excludes halogenated alkanes) is 1. The van der Waals surface area contributed by atoms with E-state index >= 15 is 0 Å². The zero-order valence-electron chi connectivity index (χ0n) is 10.9. The number of benzene rings is 1. The van der Waals surface area contributed by atoms with Crippen LogP contribution in [0.1, 0.15) is 39.2 Å². The van der Waals surface area contributed by atoms with Crippen molar-refractivity contribution < 1.29 is 4.39 Å². The lowest BCUT2D eigenvalue weighted by molar-refractivity contribution is 0.574. The van der Waals surface area contributed by atoms with Gasteiger partial charge in [-0.05, 0) is 29.9 Å². The van der Waals surface area contributed by atoms with Gasteiger partial charge in [-0.25, -0.2) is 4.39 Å². The van der Waals surface area contributed by atoms with Crippen LogP contribution in [0.3, 0.4) is 0 Å². The summed E-state index contributed by atoms with van der Waals surface area (Å²) in [5.41, 5.74) is 1.01. The van der Waals surface area contributed by atoms with Gasteiger partial charge in [0.25, 0.3) is 0 Å². The zero-order chi connectivity index (χ0) is 12.7. The van der Waals surface area contributed by atoms with Crippen LogP contribution < -0.4 is 5.32 Å². The van der Waals surface area contributed by atoms with Crippen molar-refractivity contribution in [2.24, 2.45) is 0 Å². The molecule has 0 fully saturated rings. The van der Waals surface area contributed by atoms with Gasteiger partial charge >= 0.3 is 0 Å². The van der Waals surface area contributed by atoms with Crippen molar-refractivity contribution in [1.29, 1.82) is 0 Å². The van der Waals surface area contributed by atoms with Crippen molar-refractivity contribution in [3.63, 3.8) is 0 Å². The molecule has 1 aromatic rings. The van der Waals surface area contributed by atoms with Gasteiger partial charge < -0.3 is 5.32 Å². The molecular formula is C14H22FNS. The summed E-state index contributed by atoms with van der Waals surface area (Å²) in [4.78, 5) is 0.770. The molecule has 3 heteroatoms. The molecule has 0 unspecified atom stereocenters.